The van der Waals surface area contributed by atoms with Crippen LogP contribution in [-0.2, 0) is 22.6 Å². The van der Waals surface area contributed by atoms with Crippen molar-refractivity contribution in [3.8, 4) is 5.75 Å². The van der Waals surface area contributed by atoms with Crippen molar-refractivity contribution in [2.75, 3.05) is 14.2 Å². The van der Waals surface area contributed by atoms with Crippen molar-refractivity contribution in [1.29, 1.82) is 0 Å². The van der Waals surface area contributed by atoms with Gasteiger partial charge in [0.25, 0.3) is 5.91 Å². The van der Waals surface area contributed by atoms with Crippen molar-refractivity contribution in [2.24, 2.45) is 0 Å². The zero-order chi connectivity index (χ0) is 24.3. The first-order chi connectivity index (χ1) is 16.4. The molecule has 182 valence electrons. The van der Waals surface area contributed by atoms with Crippen LogP contribution in [-0.4, -0.2) is 58.3 Å². The second kappa shape index (κ2) is 9.87. The molecule has 1 aliphatic heterocycles. The van der Waals surface area contributed by atoms with E-state index in [9.17, 15) is 14.4 Å². The van der Waals surface area contributed by atoms with Crippen molar-refractivity contribution in [1.82, 2.24) is 20.0 Å². The molecule has 1 atom stereocenters. The van der Waals surface area contributed by atoms with E-state index in [-0.39, 0.29) is 42.3 Å². The Kier molecular flexibility index (Phi) is 6.90. The number of nitrogens with one attached hydrogen (secondary N) is 1. The molecular formula is C25H32N4O5. The third-order valence-corrected chi connectivity index (χ3v) is 6.89. The van der Waals surface area contributed by atoms with Crippen molar-refractivity contribution >= 4 is 17.8 Å². The fourth-order valence-corrected chi connectivity index (χ4v) is 4.86. The Morgan fingerprint density at radius 3 is 2.53 bits per heavy atom. The standard InChI is InChI=1S/C25H32N4O5/c1-25(24(32)26-18-11-6-4-5-7-12-18)16-29-20(14-19(27-29)23(31)34-3)22(30)28(25)15-17-10-8-9-13-21(17)33-2/h8-10,13-14,18H,4-7,11-12,15-16H2,1-3H3,(H,26,32). The van der Waals surface area contributed by atoms with Gasteiger partial charge in [0.15, 0.2) is 5.69 Å². The molecule has 2 aliphatic rings. The highest BCUT2D eigenvalue weighted by Crippen LogP contribution is 2.32. The van der Waals surface area contributed by atoms with E-state index < -0.39 is 11.5 Å². The van der Waals surface area contributed by atoms with Crippen molar-refractivity contribution in [2.45, 2.75) is 70.1 Å². The lowest BCUT2D eigenvalue weighted by atomic mass is 9.93. The van der Waals surface area contributed by atoms with Crippen LogP contribution in [0.5, 0.6) is 5.75 Å². The average Bonchev–Trinajstić information content (AvgIpc) is 3.09. The van der Waals surface area contributed by atoms with Gasteiger partial charge in [-0.25, -0.2) is 4.79 Å². The molecule has 2 heterocycles. The number of rotatable bonds is 6. The Morgan fingerprint density at radius 1 is 1.15 bits per heavy atom. The summed E-state index contributed by atoms with van der Waals surface area (Å²) >= 11 is 0. The first-order valence-electron chi connectivity index (χ1n) is 11.8. The van der Waals surface area contributed by atoms with Gasteiger partial charge >= 0.3 is 5.97 Å². The second-order valence-corrected chi connectivity index (χ2v) is 9.20. The number of benzene rings is 1. The molecule has 0 bridgehead atoms. The van der Waals surface area contributed by atoms with E-state index in [1.165, 1.54) is 30.7 Å². The number of nitrogens with zero attached hydrogens (tertiary/aromatic N) is 3. The molecule has 4 rings (SSSR count). The van der Waals surface area contributed by atoms with Crippen LogP contribution in [0.3, 0.4) is 0 Å². The maximum Gasteiger partial charge on any atom is 0.358 e. The van der Waals surface area contributed by atoms with Gasteiger partial charge in [-0.2, -0.15) is 5.10 Å². The summed E-state index contributed by atoms with van der Waals surface area (Å²) < 4.78 is 11.7. The van der Waals surface area contributed by atoms with Crippen LogP contribution < -0.4 is 10.1 Å². The fourth-order valence-electron chi connectivity index (χ4n) is 4.86. The minimum atomic E-state index is -1.21. The topological polar surface area (TPSA) is 103 Å². The number of carbonyl (C=O) groups excluding carboxylic acids is 3. The number of amides is 2. The van der Waals surface area contributed by atoms with E-state index in [0.29, 0.717) is 5.75 Å². The van der Waals surface area contributed by atoms with Gasteiger partial charge in [-0.15, -0.1) is 0 Å². The Morgan fingerprint density at radius 2 is 1.85 bits per heavy atom. The van der Waals surface area contributed by atoms with Crippen LogP contribution in [0.4, 0.5) is 0 Å². The molecule has 0 radical (unpaired) electrons. The van der Waals surface area contributed by atoms with E-state index in [4.69, 9.17) is 9.47 Å². The van der Waals surface area contributed by atoms with Gasteiger partial charge in [0.1, 0.15) is 17.0 Å². The minimum absolute atomic E-state index is 0.0384. The van der Waals surface area contributed by atoms with Gasteiger partial charge in [-0.3, -0.25) is 14.3 Å². The summed E-state index contributed by atoms with van der Waals surface area (Å²) in [5.41, 5.74) is -0.143. The van der Waals surface area contributed by atoms with Crippen LogP contribution >= 0.6 is 0 Å². The van der Waals surface area contributed by atoms with Gasteiger partial charge in [0, 0.05) is 17.7 Å². The van der Waals surface area contributed by atoms with E-state index in [2.05, 4.69) is 10.4 Å². The molecule has 1 fully saturated rings. The number of esters is 1. The number of hydrogen-bond donors (Lipinski definition) is 1. The molecule has 1 unspecified atom stereocenters. The average molecular weight is 469 g/mol. The number of fused-ring (bicyclic) bond motifs is 1. The fraction of sp³-hybridized carbons (Fsp3) is 0.520. The lowest BCUT2D eigenvalue weighted by Gasteiger charge is -2.44. The lowest BCUT2D eigenvalue weighted by molar-refractivity contribution is -0.134. The molecule has 1 N–H and O–H groups in total. The Balaban J connectivity index is 1.71. The molecule has 34 heavy (non-hydrogen) atoms. The highest BCUT2D eigenvalue weighted by Gasteiger charge is 2.48. The van der Waals surface area contributed by atoms with Crippen LogP contribution in [0, 0.1) is 0 Å². The van der Waals surface area contributed by atoms with Crippen molar-refractivity contribution in [3.63, 3.8) is 0 Å². The van der Waals surface area contributed by atoms with Gasteiger partial charge in [-0.05, 0) is 25.8 Å². The van der Waals surface area contributed by atoms with Crippen LogP contribution in [0.1, 0.15) is 72.0 Å². The number of para-hydroxylation sites is 1. The SMILES string of the molecule is COC(=O)c1cc2n(n1)CC(C)(C(=O)NC1CCCCCC1)N(Cc1ccccc1OC)C2=O. The number of carbonyl (C=O) groups is 3. The molecular weight excluding hydrogens is 436 g/mol. The second-order valence-electron chi connectivity index (χ2n) is 9.20. The molecule has 1 aromatic heterocycles. The van der Waals surface area contributed by atoms with Gasteiger partial charge in [0.05, 0.1) is 27.3 Å². The Bertz CT molecular complexity index is 1070. The third kappa shape index (κ3) is 4.51. The summed E-state index contributed by atoms with van der Waals surface area (Å²) in [5, 5.41) is 7.49. The van der Waals surface area contributed by atoms with Gasteiger partial charge in [-0.1, -0.05) is 43.9 Å². The highest BCUT2D eigenvalue weighted by atomic mass is 16.5. The summed E-state index contributed by atoms with van der Waals surface area (Å²) in [5.74, 6) is -0.589. The Hall–Kier alpha value is -3.36. The van der Waals surface area contributed by atoms with Crippen molar-refractivity contribution in [3.05, 3.63) is 47.3 Å². The summed E-state index contributed by atoms with van der Waals surface area (Å²) in [7, 11) is 2.84. The van der Waals surface area contributed by atoms with Crippen LogP contribution in [0.25, 0.3) is 0 Å². The van der Waals surface area contributed by atoms with E-state index in [1.807, 2.05) is 24.3 Å². The van der Waals surface area contributed by atoms with Crippen LogP contribution in [0.2, 0.25) is 0 Å². The van der Waals surface area contributed by atoms with Crippen molar-refractivity contribution < 1.29 is 23.9 Å². The summed E-state index contributed by atoms with van der Waals surface area (Å²) in [6.45, 7) is 2.06. The molecule has 2 amide bonds. The molecule has 9 heteroatoms. The Labute approximate surface area is 199 Å². The van der Waals surface area contributed by atoms with E-state index in [0.717, 1.165) is 31.2 Å². The highest BCUT2D eigenvalue weighted by molar-refractivity contribution is 6.01. The zero-order valence-corrected chi connectivity index (χ0v) is 20.0. The molecule has 0 spiro atoms. The smallest absolute Gasteiger partial charge is 0.358 e. The maximum absolute atomic E-state index is 13.7. The third-order valence-electron chi connectivity index (χ3n) is 6.89. The quantitative estimate of drug-likeness (QED) is 0.517. The summed E-state index contributed by atoms with van der Waals surface area (Å²) in [6, 6.07) is 8.94. The molecule has 2 aromatic rings. The predicted octanol–water partition coefficient (Wildman–Crippen LogP) is 2.93. The molecule has 9 nitrogen and oxygen atoms in total. The van der Waals surface area contributed by atoms with Crippen LogP contribution in [0.15, 0.2) is 30.3 Å². The normalized spacial score (nSPS) is 20.9. The number of ether oxygens (including phenoxy) is 2. The van der Waals surface area contributed by atoms with E-state index in [1.54, 1.807) is 18.9 Å². The maximum atomic E-state index is 13.7. The molecule has 1 aliphatic carbocycles. The molecule has 1 saturated carbocycles. The van der Waals surface area contributed by atoms with Gasteiger partial charge in [0.2, 0.25) is 5.91 Å². The first-order valence-corrected chi connectivity index (χ1v) is 11.8. The number of hydrogen-bond acceptors (Lipinski definition) is 6. The zero-order valence-electron chi connectivity index (χ0n) is 20.0. The molecule has 1 aromatic carbocycles. The lowest BCUT2D eigenvalue weighted by Crippen LogP contribution is -2.64. The summed E-state index contributed by atoms with van der Waals surface area (Å²) in [4.78, 5) is 41.1. The predicted molar refractivity (Wildman–Crippen MR) is 124 cm³/mol. The number of methoxy groups -OCH3 is 2. The number of aromatic nitrogens is 2. The van der Waals surface area contributed by atoms with E-state index >= 15 is 0 Å². The monoisotopic (exact) mass is 468 g/mol. The largest absolute Gasteiger partial charge is 0.496 e. The first kappa shape index (κ1) is 23.8. The van der Waals surface area contributed by atoms with Gasteiger partial charge < -0.3 is 19.7 Å². The molecule has 0 saturated heterocycles. The summed E-state index contributed by atoms with van der Waals surface area (Å²) in [6.07, 6.45) is 6.38. The minimum Gasteiger partial charge on any atom is -0.496 e.